The van der Waals surface area contributed by atoms with E-state index in [-0.39, 0.29) is 23.3 Å². The Morgan fingerprint density at radius 3 is 2.65 bits per heavy atom. The number of nitriles is 1. The van der Waals surface area contributed by atoms with Crippen LogP contribution in [0.5, 0.6) is 0 Å². The molecule has 17 heavy (non-hydrogen) atoms. The number of hydrogen-bond donors (Lipinski definition) is 0. The molecule has 5 heteroatoms. The third-order valence-electron chi connectivity index (χ3n) is 2.49. The molecule has 1 aromatic rings. The summed E-state index contributed by atoms with van der Waals surface area (Å²) in [6.45, 7) is 5.71. The Morgan fingerprint density at radius 1 is 1.53 bits per heavy atom. The van der Waals surface area contributed by atoms with Crippen molar-refractivity contribution in [2.45, 2.75) is 27.3 Å². The monoisotopic (exact) mass is 234 g/mol. The van der Waals surface area contributed by atoms with E-state index in [0.29, 0.717) is 12.1 Å². The summed E-state index contributed by atoms with van der Waals surface area (Å²) in [6.07, 6.45) is 1.44. The number of nitrogens with zero attached hydrogens (tertiary/aromatic N) is 2. The van der Waals surface area contributed by atoms with Crippen LogP contribution in [-0.4, -0.2) is 17.1 Å². The van der Waals surface area contributed by atoms with Crippen LogP contribution in [0.2, 0.25) is 0 Å². The number of aromatic nitrogens is 1. The van der Waals surface area contributed by atoms with Crippen LogP contribution in [0.1, 0.15) is 35.3 Å². The summed E-state index contributed by atoms with van der Waals surface area (Å²) >= 11 is 0. The smallest absolute Gasteiger partial charge is 0.339 e. The minimum atomic E-state index is -0.510. The van der Waals surface area contributed by atoms with Gasteiger partial charge >= 0.3 is 5.97 Å². The number of rotatable bonds is 3. The van der Waals surface area contributed by atoms with Gasteiger partial charge in [0, 0.05) is 12.7 Å². The first-order chi connectivity index (χ1) is 8.06. The van der Waals surface area contributed by atoms with Crippen molar-refractivity contribution in [2.75, 3.05) is 6.61 Å². The molecule has 0 aliphatic carbocycles. The Labute approximate surface area is 99.2 Å². The molecule has 0 saturated carbocycles. The van der Waals surface area contributed by atoms with E-state index < -0.39 is 5.97 Å². The average Bonchev–Trinajstić information content (AvgIpc) is 2.30. The fourth-order valence-corrected chi connectivity index (χ4v) is 1.53. The third-order valence-corrected chi connectivity index (χ3v) is 2.49. The van der Waals surface area contributed by atoms with E-state index in [4.69, 9.17) is 10.00 Å². The number of ether oxygens (including phenoxy) is 1. The van der Waals surface area contributed by atoms with Gasteiger partial charge in [0.05, 0.1) is 12.2 Å². The predicted molar refractivity (Wildman–Crippen MR) is 61.8 cm³/mol. The van der Waals surface area contributed by atoms with E-state index in [1.54, 1.807) is 20.8 Å². The first-order valence-electron chi connectivity index (χ1n) is 5.38. The normalized spacial score (nSPS) is 9.76. The largest absolute Gasteiger partial charge is 0.462 e. The third kappa shape index (κ3) is 2.36. The van der Waals surface area contributed by atoms with Crippen LogP contribution >= 0.6 is 0 Å². The van der Waals surface area contributed by atoms with Crippen LogP contribution in [0.25, 0.3) is 0 Å². The second kappa shape index (κ2) is 5.30. The van der Waals surface area contributed by atoms with Crippen LogP contribution in [0, 0.1) is 18.3 Å². The maximum atomic E-state index is 11.8. The van der Waals surface area contributed by atoms with E-state index >= 15 is 0 Å². The van der Waals surface area contributed by atoms with Gasteiger partial charge in [-0.3, -0.25) is 4.79 Å². The van der Waals surface area contributed by atoms with Gasteiger partial charge in [0.2, 0.25) is 0 Å². The molecule has 0 unspecified atom stereocenters. The highest BCUT2D eigenvalue weighted by Gasteiger charge is 2.17. The summed E-state index contributed by atoms with van der Waals surface area (Å²) in [6, 6.07) is 1.83. The summed E-state index contributed by atoms with van der Waals surface area (Å²) in [4.78, 5) is 23.4. The van der Waals surface area contributed by atoms with Crippen molar-refractivity contribution in [1.82, 2.24) is 4.57 Å². The van der Waals surface area contributed by atoms with Gasteiger partial charge in [-0.15, -0.1) is 0 Å². The van der Waals surface area contributed by atoms with Crippen LogP contribution in [0.15, 0.2) is 11.0 Å². The Bertz CT molecular complexity index is 538. The lowest BCUT2D eigenvalue weighted by atomic mass is 10.1. The van der Waals surface area contributed by atoms with Gasteiger partial charge in [0.15, 0.2) is 0 Å². The zero-order valence-corrected chi connectivity index (χ0v) is 10.1. The minimum Gasteiger partial charge on any atom is -0.462 e. The number of aryl methyl sites for hydroxylation is 1. The van der Waals surface area contributed by atoms with Gasteiger partial charge in [0.1, 0.15) is 11.6 Å². The first kappa shape index (κ1) is 13.0. The van der Waals surface area contributed by atoms with E-state index in [0.717, 1.165) is 0 Å². The zero-order chi connectivity index (χ0) is 13.0. The molecule has 0 fully saturated rings. The zero-order valence-electron chi connectivity index (χ0n) is 10.1. The van der Waals surface area contributed by atoms with Gasteiger partial charge < -0.3 is 9.30 Å². The molecular weight excluding hydrogens is 220 g/mol. The molecule has 0 amide bonds. The molecule has 0 atom stereocenters. The summed E-state index contributed by atoms with van der Waals surface area (Å²) in [5.74, 6) is -0.510. The van der Waals surface area contributed by atoms with Crippen molar-refractivity contribution in [1.29, 1.82) is 5.26 Å². The van der Waals surface area contributed by atoms with Crippen molar-refractivity contribution in [3.63, 3.8) is 0 Å². The summed E-state index contributed by atoms with van der Waals surface area (Å²) in [5, 5.41) is 8.94. The molecule has 0 N–H and O–H groups in total. The highest BCUT2D eigenvalue weighted by molar-refractivity contribution is 5.91. The highest BCUT2D eigenvalue weighted by atomic mass is 16.5. The Morgan fingerprint density at radius 2 is 2.18 bits per heavy atom. The van der Waals surface area contributed by atoms with Crippen LogP contribution in [0.4, 0.5) is 0 Å². The lowest BCUT2D eigenvalue weighted by Crippen LogP contribution is -2.25. The Hall–Kier alpha value is -2.09. The van der Waals surface area contributed by atoms with Crippen molar-refractivity contribution in [3.05, 3.63) is 33.2 Å². The maximum Gasteiger partial charge on any atom is 0.339 e. The minimum absolute atomic E-state index is 0.00240. The lowest BCUT2D eigenvalue weighted by molar-refractivity contribution is 0.0524. The molecule has 0 saturated heterocycles. The molecule has 0 spiro atoms. The van der Waals surface area contributed by atoms with E-state index in [1.807, 2.05) is 6.07 Å². The van der Waals surface area contributed by atoms with E-state index in [2.05, 4.69) is 0 Å². The highest BCUT2D eigenvalue weighted by Crippen LogP contribution is 2.11. The van der Waals surface area contributed by atoms with Crippen LogP contribution in [0.3, 0.4) is 0 Å². The van der Waals surface area contributed by atoms with Crippen LogP contribution in [-0.2, 0) is 11.3 Å². The topological polar surface area (TPSA) is 72.1 Å². The number of pyridine rings is 1. The van der Waals surface area contributed by atoms with E-state index in [9.17, 15) is 9.59 Å². The van der Waals surface area contributed by atoms with Gasteiger partial charge in [-0.05, 0) is 26.3 Å². The van der Waals surface area contributed by atoms with E-state index in [1.165, 1.54) is 10.8 Å². The van der Waals surface area contributed by atoms with Crippen molar-refractivity contribution in [3.8, 4) is 6.07 Å². The summed E-state index contributed by atoms with van der Waals surface area (Å²) < 4.78 is 6.22. The molecule has 0 aromatic carbocycles. The molecule has 1 rings (SSSR count). The standard InChI is InChI=1S/C12H14N2O3/c1-4-14-7-10(12(16)17-5-2)8(3)9(6-13)11(14)15/h7H,4-5H2,1-3H3. The quantitative estimate of drug-likeness (QED) is 0.737. The fourth-order valence-electron chi connectivity index (χ4n) is 1.53. The Kier molecular flexibility index (Phi) is 4.05. The molecule has 0 aliphatic rings. The van der Waals surface area contributed by atoms with Crippen molar-refractivity contribution >= 4 is 5.97 Å². The van der Waals surface area contributed by atoms with Gasteiger partial charge in [-0.1, -0.05) is 0 Å². The average molecular weight is 234 g/mol. The van der Waals surface area contributed by atoms with Crippen molar-refractivity contribution in [2.24, 2.45) is 0 Å². The second-order valence-corrected chi connectivity index (χ2v) is 3.47. The first-order valence-corrected chi connectivity index (χ1v) is 5.38. The molecule has 0 radical (unpaired) electrons. The number of esters is 1. The van der Waals surface area contributed by atoms with Crippen molar-refractivity contribution < 1.29 is 9.53 Å². The summed E-state index contributed by atoms with van der Waals surface area (Å²) in [5.41, 5.74) is 0.267. The molecular formula is C12H14N2O3. The number of hydrogen-bond acceptors (Lipinski definition) is 4. The molecule has 0 aliphatic heterocycles. The maximum absolute atomic E-state index is 11.8. The van der Waals surface area contributed by atoms with Gasteiger partial charge in [-0.2, -0.15) is 5.26 Å². The van der Waals surface area contributed by atoms with Gasteiger partial charge in [-0.25, -0.2) is 4.79 Å². The van der Waals surface area contributed by atoms with Crippen LogP contribution < -0.4 is 5.56 Å². The summed E-state index contributed by atoms with van der Waals surface area (Å²) in [7, 11) is 0. The SMILES string of the molecule is CCOC(=O)c1cn(CC)c(=O)c(C#N)c1C. The molecule has 0 bridgehead atoms. The number of carbonyl (C=O) groups is 1. The molecule has 1 heterocycles. The second-order valence-electron chi connectivity index (χ2n) is 3.47. The lowest BCUT2D eigenvalue weighted by Gasteiger charge is -2.10. The number of carbonyl (C=O) groups excluding carboxylic acids is 1. The van der Waals surface area contributed by atoms with Gasteiger partial charge in [0.25, 0.3) is 5.56 Å². The molecule has 90 valence electrons. The predicted octanol–water partition coefficient (Wildman–Crippen LogP) is 1.23. The fraction of sp³-hybridized carbons (Fsp3) is 0.417. The molecule has 5 nitrogen and oxygen atoms in total. The molecule has 1 aromatic heterocycles. The Balaban J connectivity index is 3.48.